The van der Waals surface area contributed by atoms with Crippen LogP contribution in [0, 0.1) is 23.7 Å². The second kappa shape index (κ2) is 4.40. The number of aliphatic hydroxyl groups is 3. The van der Waals surface area contributed by atoms with Crippen molar-refractivity contribution in [3.63, 3.8) is 0 Å². The van der Waals surface area contributed by atoms with Crippen molar-refractivity contribution in [1.82, 2.24) is 0 Å². The van der Waals surface area contributed by atoms with Crippen molar-refractivity contribution in [1.29, 1.82) is 0 Å². The Balaban J connectivity index is 2.64. The number of rotatable bonds is 3. The van der Waals surface area contributed by atoms with Gasteiger partial charge in [-0.15, -0.1) is 0 Å². The molecule has 5 atom stereocenters. The van der Waals surface area contributed by atoms with E-state index in [0.717, 1.165) is 0 Å². The van der Waals surface area contributed by atoms with Gasteiger partial charge < -0.3 is 15.3 Å². The lowest BCUT2D eigenvalue weighted by Gasteiger charge is -2.24. The first-order valence-corrected chi connectivity index (χ1v) is 5.01. The maximum absolute atomic E-state index is 9.62. The molecule has 0 saturated heterocycles. The quantitative estimate of drug-likeness (QED) is 0.594. The van der Waals surface area contributed by atoms with Crippen molar-refractivity contribution < 1.29 is 15.3 Å². The van der Waals surface area contributed by atoms with Crippen LogP contribution in [-0.4, -0.2) is 34.6 Å². The summed E-state index contributed by atoms with van der Waals surface area (Å²) in [6.07, 6.45) is 0.407. The summed E-state index contributed by atoms with van der Waals surface area (Å²) >= 11 is 0. The summed E-state index contributed by atoms with van der Waals surface area (Å²) in [5.41, 5.74) is 0. The minimum absolute atomic E-state index is 0.118. The standard InChI is InChI=1S/C10H20O3/c1-6(4-11)8-3-10(13)7(2)9(8)5-12/h6-13H,3-5H2,1-2H3/t6-,7+,8-,9+,10-/m0/s1. The summed E-state index contributed by atoms with van der Waals surface area (Å²) in [4.78, 5) is 0. The molecule has 1 rings (SSSR count). The highest BCUT2D eigenvalue weighted by molar-refractivity contribution is 4.90. The molecule has 13 heavy (non-hydrogen) atoms. The predicted octanol–water partition coefficient (Wildman–Crippen LogP) is 0.240. The van der Waals surface area contributed by atoms with Crippen molar-refractivity contribution in [2.45, 2.75) is 26.4 Å². The molecule has 0 unspecified atom stereocenters. The Morgan fingerprint density at radius 1 is 1.38 bits per heavy atom. The molecule has 0 heterocycles. The Kier molecular flexibility index (Phi) is 3.71. The van der Waals surface area contributed by atoms with Gasteiger partial charge in [0.1, 0.15) is 0 Å². The third kappa shape index (κ3) is 2.03. The Labute approximate surface area is 79.4 Å². The van der Waals surface area contributed by atoms with Gasteiger partial charge in [0.15, 0.2) is 0 Å². The number of hydrogen-bond acceptors (Lipinski definition) is 3. The van der Waals surface area contributed by atoms with Gasteiger partial charge in [-0.2, -0.15) is 0 Å². The zero-order valence-electron chi connectivity index (χ0n) is 8.35. The third-order valence-electron chi connectivity index (χ3n) is 3.58. The van der Waals surface area contributed by atoms with Gasteiger partial charge in [-0.05, 0) is 30.1 Å². The van der Waals surface area contributed by atoms with Crippen LogP contribution in [0.25, 0.3) is 0 Å². The first-order chi connectivity index (χ1) is 6.11. The third-order valence-corrected chi connectivity index (χ3v) is 3.58. The Bertz CT molecular complexity index is 160. The van der Waals surface area contributed by atoms with Crippen LogP contribution in [0.2, 0.25) is 0 Å². The van der Waals surface area contributed by atoms with Gasteiger partial charge in [0.2, 0.25) is 0 Å². The molecule has 0 aromatic carbocycles. The van der Waals surface area contributed by atoms with Crippen molar-refractivity contribution in [3.8, 4) is 0 Å². The zero-order valence-corrected chi connectivity index (χ0v) is 8.35. The van der Waals surface area contributed by atoms with Crippen LogP contribution in [0.15, 0.2) is 0 Å². The van der Waals surface area contributed by atoms with Crippen LogP contribution in [0.5, 0.6) is 0 Å². The van der Waals surface area contributed by atoms with Crippen LogP contribution in [0.1, 0.15) is 20.3 Å². The van der Waals surface area contributed by atoms with Crippen molar-refractivity contribution in [2.24, 2.45) is 23.7 Å². The highest BCUT2D eigenvalue weighted by atomic mass is 16.3. The van der Waals surface area contributed by atoms with E-state index in [1.54, 1.807) is 0 Å². The van der Waals surface area contributed by atoms with Gasteiger partial charge in [0, 0.05) is 13.2 Å². The molecule has 3 N–H and O–H groups in total. The average Bonchev–Trinajstić information content (AvgIpc) is 2.42. The lowest BCUT2D eigenvalue weighted by molar-refractivity contribution is 0.0948. The molecule has 0 spiro atoms. The van der Waals surface area contributed by atoms with Gasteiger partial charge in [0.05, 0.1) is 6.10 Å². The Hall–Kier alpha value is -0.120. The largest absolute Gasteiger partial charge is 0.396 e. The van der Waals surface area contributed by atoms with E-state index in [2.05, 4.69) is 0 Å². The second-order valence-electron chi connectivity index (χ2n) is 4.33. The predicted molar refractivity (Wildman–Crippen MR) is 50.1 cm³/mol. The summed E-state index contributed by atoms with van der Waals surface area (Å²) in [7, 11) is 0. The minimum Gasteiger partial charge on any atom is -0.396 e. The fraction of sp³-hybridized carbons (Fsp3) is 1.00. The fourth-order valence-electron chi connectivity index (χ4n) is 2.43. The lowest BCUT2D eigenvalue weighted by Crippen LogP contribution is -2.25. The second-order valence-corrected chi connectivity index (χ2v) is 4.33. The lowest BCUT2D eigenvalue weighted by atomic mass is 9.83. The van der Waals surface area contributed by atoms with Gasteiger partial charge in [-0.25, -0.2) is 0 Å². The molecule has 78 valence electrons. The molecule has 0 amide bonds. The maximum atomic E-state index is 9.62. The maximum Gasteiger partial charge on any atom is 0.0572 e. The van der Waals surface area contributed by atoms with Crippen LogP contribution < -0.4 is 0 Å². The summed E-state index contributed by atoms with van der Waals surface area (Å²) in [6, 6.07) is 0. The summed E-state index contributed by atoms with van der Waals surface area (Å²) < 4.78 is 0. The van der Waals surface area contributed by atoms with Crippen molar-refractivity contribution in [2.75, 3.05) is 13.2 Å². The molecule has 0 radical (unpaired) electrons. The van der Waals surface area contributed by atoms with Gasteiger partial charge in [-0.3, -0.25) is 0 Å². The number of hydrogen-bond donors (Lipinski definition) is 3. The molecule has 3 nitrogen and oxygen atoms in total. The molecule has 3 heteroatoms. The molecule has 1 fully saturated rings. The van der Waals surface area contributed by atoms with E-state index in [1.165, 1.54) is 0 Å². The van der Waals surface area contributed by atoms with E-state index in [1.807, 2.05) is 13.8 Å². The van der Waals surface area contributed by atoms with Crippen LogP contribution in [0.4, 0.5) is 0 Å². The first kappa shape index (κ1) is 11.0. The molecule has 0 bridgehead atoms. The van der Waals surface area contributed by atoms with Gasteiger partial charge in [-0.1, -0.05) is 13.8 Å². The minimum atomic E-state index is -0.309. The van der Waals surface area contributed by atoms with E-state index in [-0.39, 0.29) is 43.0 Å². The molecule has 1 aliphatic carbocycles. The highest BCUT2D eigenvalue weighted by Gasteiger charge is 2.41. The number of aliphatic hydroxyl groups excluding tert-OH is 3. The van der Waals surface area contributed by atoms with Crippen LogP contribution in [-0.2, 0) is 0 Å². The molecular weight excluding hydrogens is 168 g/mol. The Morgan fingerprint density at radius 2 is 2.00 bits per heavy atom. The van der Waals surface area contributed by atoms with E-state index in [4.69, 9.17) is 5.11 Å². The van der Waals surface area contributed by atoms with Crippen LogP contribution in [0.3, 0.4) is 0 Å². The van der Waals surface area contributed by atoms with Crippen molar-refractivity contribution in [3.05, 3.63) is 0 Å². The summed E-state index contributed by atoms with van der Waals surface area (Å²) in [6.45, 7) is 4.20. The first-order valence-electron chi connectivity index (χ1n) is 5.01. The van der Waals surface area contributed by atoms with Crippen LogP contribution >= 0.6 is 0 Å². The Morgan fingerprint density at radius 3 is 2.46 bits per heavy atom. The summed E-state index contributed by atoms with van der Waals surface area (Å²) in [5, 5.41) is 27.8. The normalized spacial score (nSPS) is 42.2. The monoisotopic (exact) mass is 188 g/mol. The smallest absolute Gasteiger partial charge is 0.0572 e. The van der Waals surface area contributed by atoms with Crippen molar-refractivity contribution >= 4 is 0 Å². The van der Waals surface area contributed by atoms with E-state index < -0.39 is 0 Å². The van der Waals surface area contributed by atoms with E-state index >= 15 is 0 Å². The molecule has 1 saturated carbocycles. The molecular formula is C10H20O3. The fourth-order valence-corrected chi connectivity index (χ4v) is 2.43. The van der Waals surface area contributed by atoms with E-state index in [0.29, 0.717) is 6.42 Å². The molecule has 0 aliphatic heterocycles. The zero-order chi connectivity index (χ0) is 10.0. The van der Waals surface area contributed by atoms with Gasteiger partial charge in [0.25, 0.3) is 0 Å². The SMILES string of the molecule is C[C@@H]1[C@@H](CO)[C@H]([C@@H](C)CO)C[C@@H]1O. The average molecular weight is 188 g/mol. The topological polar surface area (TPSA) is 60.7 Å². The van der Waals surface area contributed by atoms with Gasteiger partial charge >= 0.3 is 0 Å². The molecule has 0 aromatic heterocycles. The highest BCUT2D eigenvalue weighted by Crippen LogP contribution is 2.40. The van der Waals surface area contributed by atoms with E-state index in [9.17, 15) is 10.2 Å². The summed E-state index contributed by atoms with van der Waals surface area (Å²) in [5.74, 6) is 0.748. The molecule has 1 aliphatic rings. The molecule has 0 aromatic rings.